The number of carbonyl (C=O) groups excluding carboxylic acids is 4. The highest BCUT2D eigenvalue weighted by Gasteiger charge is 2.76. The number of aliphatic hydroxyl groups is 1. The summed E-state index contributed by atoms with van der Waals surface area (Å²) in [4.78, 5) is 70.1. The lowest BCUT2D eigenvalue weighted by Crippen LogP contribution is -2.59. The van der Waals surface area contributed by atoms with Crippen LogP contribution in [0.2, 0.25) is 0 Å². The summed E-state index contributed by atoms with van der Waals surface area (Å²) in [5.41, 5.74) is 0.632. The van der Waals surface area contributed by atoms with E-state index in [-0.39, 0.29) is 44.5 Å². The number of phenols is 1. The minimum atomic E-state index is -2.04. The third-order valence-electron chi connectivity index (χ3n) is 15.5. The van der Waals surface area contributed by atoms with Gasteiger partial charge in [0.15, 0.2) is 11.5 Å². The summed E-state index contributed by atoms with van der Waals surface area (Å²) in [6.07, 6.45) is 2.80. The number of fused-ring (bicyclic) bond motifs is 4. The van der Waals surface area contributed by atoms with Gasteiger partial charge in [0.05, 0.1) is 30.3 Å². The van der Waals surface area contributed by atoms with Gasteiger partial charge in [-0.25, -0.2) is 9.69 Å². The number of ether oxygens (including phenoxy) is 5. The van der Waals surface area contributed by atoms with Crippen LogP contribution in [-0.4, -0.2) is 114 Å². The number of rotatable bonds is 9. The lowest BCUT2D eigenvalue weighted by molar-refractivity contribution is -0.179. The molecule has 0 unspecified atom stereocenters. The second-order valence-corrected chi connectivity index (χ2v) is 19.8. The maximum Gasteiger partial charge on any atom is 0.421 e. The van der Waals surface area contributed by atoms with Crippen molar-refractivity contribution < 1.29 is 53.1 Å². The molecule has 5 aromatic carbocycles. The Morgan fingerprint density at radius 2 is 1.45 bits per heavy atom. The first-order valence-electron chi connectivity index (χ1n) is 25.2. The monoisotopic (exact) mass is 986 g/mol. The largest absolute Gasteiger partial charge is 0.508 e. The molecule has 1 aliphatic carbocycles. The van der Waals surface area contributed by atoms with E-state index in [2.05, 4.69) is 16.7 Å². The third kappa shape index (κ3) is 8.75. The maximum atomic E-state index is 16.6. The first kappa shape index (κ1) is 48.1. The van der Waals surface area contributed by atoms with Gasteiger partial charge in [0.2, 0.25) is 18.6 Å². The maximum absolute atomic E-state index is 16.6. The first-order chi connectivity index (χ1) is 35.6. The zero-order valence-corrected chi connectivity index (χ0v) is 40.7. The fraction of sp³-hybridized carbons (Fsp3) is 0.379. The smallest absolute Gasteiger partial charge is 0.421 e. The molecule has 2 N–H and O–H groups in total. The number of esters is 1. The molecule has 3 saturated heterocycles. The number of morpholine rings is 1. The number of hydrogen-bond donors (Lipinski definition) is 2. The highest BCUT2D eigenvalue weighted by atomic mass is 16.7. The molecule has 6 atom stereocenters. The molecule has 6 aliphatic rings. The second-order valence-electron chi connectivity index (χ2n) is 19.8. The SMILES string of the molecule is COCCOC(=O)N1C(=O)[C@@]2(c3cc(C#CC4(O)CCCCCC4)ccc31)[C@H](c1ccc(O)cc1)N1[C@H](c3ccccc3)[C@H](c3ccccc3)OC(=O)[C@H]1[C@@H]2C(=O)N1CCN(Cc2ccc3c(c2)OCO3)CC1. The van der Waals surface area contributed by atoms with Crippen molar-refractivity contribution in [1.82, 2.24) is 14.7 Å². The van der Waals surface area contributed by atoms with Gasteiger partial charge in [0.25, 0.3) is 0 Å². The average molecular weight is 987 g/mol. The summed E-state index contributed by atoms with van der Waals surface area (Å²) in [6.45, 7) is 2.14. The standard InChI is InChI=1S/C58H58N4O11/c1-69-32-33-70-56(67)61-45-22-16-38(24-27-57(68)25-10-2-3-11-26-57)34-44(45)58(55(61)66)48(53(64)60-30-28-59(29-31-60)36-39-17-23-46-47(35-39)72-37-71-46)50-54(65)73-51(41-14-8-5-9-15-41)49(40-12-6-4-7-13-40)62(50)52(58)42-18-20-43(63)21-19-42/h4-9,12-23,34-35,48-52,63,68H,2-3,10-11,25-26,28-33,36-37H2,1H3/t48-,49-,50-,51+,52+,58-/m1/s1. The van der Waals surface area contributed by atoms with E-state index in [0.717, 1.165) is 41.7 Å². The number of aromatic hydroxyl groups is 1. The topological polar surface area (TPSA) is 168 Å². The van der Waals surface area contributed by atoms with Gasteiger partial charge in [-0.05, 0) is 96.0 Å². The van der Waals surface area contributed by atoms with E-state index in [0.29, 0.717) is 66.2 Å². The predicted octanol–water partition coefficient (Wildman–Crippen LogP) is 7.35. The number of hydrogen-bond acceptors (Lipinski definition) is 13. The van der Waals surface area contributed by atoms with Crippen molar-refractivity contribution in [3.05, 3.63) is 155 Å². The fourth-order valence-corrected chi connectivity index (χ4v) is 12.1. The molecule has 5 heterocycles. The van der Waals surface area contributed by atoms with Crippen LogP contribution in [0, 0.1) is 17.8 Å². The Balaban J connectivity index is 1.11. The van der Waals surface area contributed by atoms with E-state index in [1.54, 1.807) is 35.2 Å². The Bertz CT molecular complexity index is 2940. The van der Waals surface area contributed by atoms with Gasteiger partial charge in [0.1, 0.15) is 35.5 Å². The summed E-state index contributed by atoms with van der Waals surface area (Å²) in [5, 5.41) is 22.6. The molecule has 5 aliphatic heterocycles. The molecule has 11 rings (SSSR count). The first-order valence-corrected chi connectivity index (χ1v) is 25.2. The Hall–Kier alpha value is -7.22. The minimum absolute atomic E-state index is 0.0334. The van der Waals surface area contributed by atoms with Crippen molar-refractivity contribution in [1.29, 1.82) is 0 Å². The highest BCUT2D eigenvalue weighted by Crippen LogP contribution is 2.66. The van der Waals surface area contributed by atoms with Crippen molar-refractivity contribution in [2.75, 3.05) is 58.2 Å². The molecule has 4 fully saturated rings. The van der Waals surface area contributed by atoms with E-state index >= 15 is 14.4 Å². The molecular formula is C58H58N4O11. The van der Waals surface area contributed by atoms with Crippen LogP contribution in [0.25, 0.3) is 0 Å². The van der Waals surface area contributed by atoms with Crippen molar-refractivity contribution in [3.8, 4) is 29.1 Å². The number of anilines is 1. The fourth-order valence-electron chi connectivity index (χ4n) is 12.1. The number of cyclic esters (lactones) is 1. The molecule has 0 radical (unpaired) electrons. The molecular weight excluding hydrogens is 929 g/mol. The molecule has 1 saturated carbocycles. The molecule has 15 nitrogen and oxygen atoms in total. The van der Waals surface area contributed by atoms with E-state index in [1.807, 2.05) is 83.8 Å². The molecule has 73 heavy (non-hydrogen) atoms. The van der Waals surface area contributed by atoms with Gasteiger partial charge < -0.3 is 38.8 Å². The van der Waals surface area contributed by atoms with Crippen LogP contribution in [0.15, 0.2) is 121 Å². The molecule has 5 aromatic rings. The van der Waals surface area contributed by atoms with E-state index in [1.165, 1.54) is 19.2 Å². The third-order valence-corrected chi connectivity index (χ3v) is 15.5. The van der Waals surface area contributed by atoms with Crippen molar-refractivity contribution in [2.24, 2.45) is 5.92 Å². The number of benzene rings is 5. The molecule has 15 heteroatoms. The molecule has 0 aromatic heterocycles. The zero-order chi connectivity index (χ0) is 50.3. The van der Waals surface area contributed by atoms with Crippen LogP contribution in [0.5, 0.6) is 17.2 Å². The number of phenolic OH excluding ortho intramolecular Hbond substituents is 1. The van der Waals surface area contributed by atoms with Crippen LogP contribution in [0.3, 0.4) is 0 Å². The van der Waals surface area contributed by atoms with Gasteiger partial charge in [-0.1, -0.05) is 104 Å². The number of amides is 3. The Morgan fingerprint density at radius 3 is 2.16 bits per heavy atom. The predicted molar refractivity (Wildman–Crippen MR) is 267 cm³/mol. The quantitative estimate of drug-likeness (QED) is 0.0652. The lowest BCUT2D eigenvalue weighted by atomic mass is 9.64. The normalized spacial score (nSPS) is 25.3. The van der Waals surface area contributed by atoms with Crippen LogP contribution in [0.4, 0.5) is 10.5 Å². The Morgan fingerprint density at radius 1 is 0.753 bits per heavy atom. The number of nitrogens with zero attached hydrogens (tertiary/aromatic N) is 4. The molecule has 0 bridgehead atoms. The minimum Gasteiger partial charge on any atom is -0.508 e. The second kappa shape index (κ2) is 20.0. The number of methoxy groups -OCH3 is 1. The Labute approximate surface area is 424 Å². The van der Waals surface area contributed by atoms with Crippen molar-refractivity contribution in [2.45, 2.75) is 80.3 Å². The van der Waals surface area contributed by atoms with E-state index < -0.39 is 65.0 Å². The number of carbonyl (C=O) groups is 4. The van der Waals surface area contributed by atoms with Crippen LogP contribution in [-0.2, 0) is 40.6 Å². The van der Waals surface area contributed by atoms with E-state index in [9.17, 15) is 15.0 Å². The zero-order valence-electron chi connectivity index (χ0n) is 40.7. The summed E-state index contributed by atoms with van der Waals surface area (Å²) in [7, 11) is 1.47. The summed E-state index contributed by atoms with van der Waals surface area (Å²) < 4.78 is 28.8. The van der Waals surface area contributed by atoms with Gasteiger partial charge in [0, 0.05) is 45.4 Å². The van der Waals surface area contributed by atoms with Crippen molar-refractivity contribution >= 4 is 29.6 Å². The summed E-state index contributed by atoms with van der Waals surface area (Å²) in [5.74, 6) is 4.35. The molecule has 1 spiro atoms. The van der Waals surface area contributed by atoms with Gasteiger partial charge in [-0.2, -0.15) is 0 Å². The number of imide groups is 1. The van der Waals surface area contributed by atoms with Crippen LogP contribution >= 0.6 is 0 Å². The summed E-state index contributed by atoms with van der Waals surface area (Å²) >= 11 is 0. The summed E-state index contributed by atoms with van der Waals surface area (Å²) in [6, 6.07) is 33.1. The van der Waals surface area contributed by atoms with E-state index in [4.69, 9.17) is 23.7 Å². The molecule has 376 valence electrons. The number of piperazine rings is 1. The Kier molecular flexibility index (Phi) is 13.2. The average Bonchev–Trinajstić information content (AvgIpc) is 4.06. The van der Waals surface area contributed by atoms with Gasteiger partial charge in [-0.15, -0.1) is 0 Å². The molecule has 3 amide bonds. The van der Waals surface area contributed by atoms with Crippen LogP contribution in [0.1, 0.15) is 90.1 Å². The lowest BCUT2D eigenvalue weighted by Gasteiger charge is -2.46. The highest BCUT2D eigenvalue weighted by molar-refractivity contribution is 6.23. The van der Waals surface area contributed by atoms with Gasteiger partial charge >= 0.3 is 12.1 Å². The van der Waals surface area contributed by atoms with Gasteiger partial charge in [-0.3, -0.25) is 24.2 Å². The van der Waals surface area contributed by atoms with Crippen LogP contribution < -0.4 is 14.4 Å². The van der Waals surface area contributed by atoms with Crippen molar-refractivity contribution in [3.63, 3.8) is 0 Å².